The number of anilines is 2. The zero-order valence-corrected chi connectivity index (χ0v) is 23.1. The monoisotopic (exact) mass is 587 g/mol. The van der Waals surface area contributed by atoms with Crippen molar-refractivity contribution in [1.82, 2.24) is 19.9 Å². The van der Waals surface area contributed by atoms with Gasteiger partial charge in [0.15, 0.2) is 11.9 Å². The number of hydrogen-bond donors (Lipinski definition) is 4. The number of imidazole rings is 2. The number of aryl methyl sites for hydroxylation is 2. The molecule has 0 saturated carbocycles. The van der Waals surface area contributed by atoms with Crippen LogP contribution in [0.15, 0.2) is 85.1 Å². The molecule has 0 spiro atoms. The Morgan fingerprint density at radius 3 is 2.12 bits per heavy atom. The Labute approximate surface area is 243 Å². The number of nitrogen functional groups attached to an aromatic ring is 2. The predicted molar refractivity (Wildman–Crippen MR) is 157 cm³/mol. The van der Waals surface area contributed by atoms with Crippen molar-refractivity contribution in [3.63, 3.8) is 0 Å². The van der Waals surface area contributed by atoms with Crippen LogP contribution in [-0.4, -0.2) is 26.0 Å². The number of allylic oxidation sites excluding steroid dienone is 1. The van der Waals surface area contributed by atoms with E-state index in [1.807, 2.05) is 12.1 Å². The fourth-order valence-corrected chi connectivity index (χ4v) is 3.29. The largest absolute Gasteiger partial charge is 0.469 e. The second-order valence-corrected chi connectivity index (χ2v) is 7.98. The first-order chi connectivity index (χ1) is 18.6. The van der Waals surface area contributed by atoms with Gasteiger partial charge in [-0.1, -0.05) is 5.11 Å². The molecule has 0 bridgehead atoms. The number of hydrogen-bond acceptors (Lipinski definition) is 9. The maximum absolute atomic E-state index is 7.88. The Morgan fingerprint density at radius 2 is 1.60 bits per heavy atom. The van der Waals surface area contributed by atoms with Crippen LogP contribution in [0.5, 0.6) is 0 Å². The summed E-state index contributed by atoms with van der Waals surface area (Å²) in [6, 6.07) is 7.44. The van der Waals surface area contributed by atoms with Crippen LogP contribution in [0.3, 0.4) is 0 Å². The second-order valence-electron chi connectivity index (χ2n) is 7.98. The van der Waals surface area contributed by atoms with E-state index in [0.29, 0.717) is 24.2 Å². The van der Waals surface area contributed by atoms with Crippen molar-refractivity contribution in [2.24, 2.45) is 15.3 Å². The Morgan fingerprint density at radius 1 is 0.975 bits per heavy atom. The SMILES string of the molecule is C#CCCc1cnc(N)[nH]1.Cl.Cl.Nc1ncc(CCC2=CC(Cc3ccco3)N=N2)[nH]1.[N-]=[N+]=NCc1ccco1. The van der Waals surface area contributed by atoms with E-state index in [4.69, 9.17) is 32.3 Å². The third-order valence-corrected chi connectivity index (χ3v) is 5.06. The number of halogens is 2. The standard InChI is InChI=1S/C13H15N5O.C7H9N3.C5H5N3O.2ClH/c14-13-15-8-10(16-13)4-3-9-6-11(18-17-9)7-12-2-1-5-19-12;1-2-3-4-6-5-9-7(8)10-6;6-8-7-4-5-2-1-3-9-5;;/h1-2,5-6,8,11H,3-4,7H2,(H3,14,15,16);1,5H,3-4H2,(H3,8,9,10);1-3H,4H2;2*1H. The maximum atomic E-state index is 7.88. The predicted octanol–water partition coefficient (Wildman–Crippen LogP) is 5.97. The molecule has 0 fully saturated rings. The van der Waals surface area contributed by atoms with Crippen molar-refractivity contribution in [3.05, 3.63) is 94.3 Å². The first-order valence-corrected chi connectivity index (χ1v) is 11.7. The van der Waals surface area contributed by atoms with Gasteiger partial charge in [0.25, 0.3) is 0 Å². The number of aromatic amines is 2. The summed E-state index contributed by atoms with van der Waals surface area (Å²) in [6.45, 7) is 0.295. The molecule has 1 unspecified atom stereocenters. The molecule has 1 aliphatic rings. The van der Waals surface area contributed by atoms with Gasteiger partial charge in [-0.3, -0.25) is 0 Å². The fourth-order valence-electron chi connectivity index (χ4n) is 3.29. The number of nitrogens with one attached hydrogen (secondary N) is 2. The number of azide groups is 1. The molecule has 1 atom stereocenters. The van der Waals surface area contributed by atoms with E-state index in [1.165, 1.54) is 0 Å². The van der Waals surface area contributed by atoms with E-state index < -0.39 is 0 Å². The summed E-state index contributed by atoms with van der Waals surface area (Å²) < 4.78 is 10.2. The zero-order chi connectivity index (χ0) is 27.0. The third kappa shape index (κ3) is 12.3. The van der Waals surface area contributed by atoms with Crippen LogP contribution in [0.25, 0.3) is 10.4 Å². The molecule has 4 aromatic heterocycles. The minimum Gasteiger partial charge on any atom is -0.469 e. The number of nitrogens with zero attached hydrogens (tertiary/aromatic N) is 7. The van der Waals surface area contributed by atoms with Gasteiger partial charge in [-0.25, -0.2) is 9.97 Å². The van der Waals surface area contributed by atoms with Gasteiger partial charge < -0.3 is 30.3 Å². The van der Waals surface area contributed by atoms with E-state index in [9.17, 15) is 0 Å². The van der Waals surface area contributed by atoms with Crippen LogP contribution in [-0.2, 0) is 25.8 Å². The van der Waals surface area contributed by atoms with Gasteiger partial charge in [0.1, 0.15) is 11.5 Å². The van der Waals surface area contributed by atoms with Gasteiger partial charge in [-0.15, -0.1) is 37.2 Å². The van der Waals surface area contributed by atoms with E-state index >= 15 is 0 Å². The topological polar surface area (TPSA) is 209 Å². The quantitative estimate of drug-likeness (QED) is 0.0800. The van der Waals surface area contributed by atoms with Crippen molar-refractivity contribution < 1.29 is 8.83 Å². The van der Waals surface area contributed by atoms with Crippen LogP contribution >= 0.6 is 24.8 Å². The molecule has 4 aromatic rings. The molecular formula is C25H31Cl2N11O2. The lowest BCUT2D eigenvalue weighted by Gasteiger charge is -1.98. The molecule has 0 radical (unpaired) electrons. The molecule has 0 saturated heterocycles. The second kappa shape index (κ2) is 18.6. The fraction of sp³-hybridized carbons (Fsp3) is 0.280. The average molecular weight is 589 g/mol. The number of H-pyrrole nitrogens is 2. The summed E-state index contributed by atoms with van der Waals surface area (Å²) in [5, 5.41) is 11.7. The van der Waals surface area contributed by atoms with Crippen molar-refractivity contribution in [1.29, 1.82) is 0 Å². The first kappa shape index (κ1) is 33.4. The number of azo groups is 1. The van der Waals surface area contributed by atoms with Gasteiger partial charge >= 0.3 is 0 Å². The molecule has 212 valence electrons. The minimum atomic E-state index is 0. The molecule has 5 rings (SSSR count). The van der Waals surface area contributed by atoms with Crippen molar-refractivity contribution in [3.8, 4) is 12.3 Å². The van der Waals surface area contributed by atoms with E-state index in [2.05, 4.69) is 52.2 Å². The summed E-state index contributed by atoms with van der Waals surface area (Å²) >= 11 is 0. The average Bonchev–Trinajstić information content (AvgIpc) is 3.75. The Hall–Kier alpha value is -4.63. The van der Waals surface area contributed by atoms with Crippen LogP contribution in [0.2, 0.25) is 0 Å². The number of furan rings is 2. The van der Waals surface area contributed by atoms with Gasteiger partial charge in [0.05, 0.1) is 43.2 Å². The highest BCUT2D eigenvalue weighted by atomic mass is 35.5. The van der Waals surface area contributed by atoms with Crippen LogP contribution in [0.1, 0.15) is 35.7 Å². The molecule has 0 aromatic carbocycles. The highest BCUT2D eigenvalue weighted by Gasteiger charge is 2.14. The number of rotatable bonds is 9. The Bertz CT molecular complexity index is 1380. The Kier molecular flexibility index (Phi) is 15.5. The minimum absolute atomic E-state index is 0. The highest BCUT2D eigenvalue weighted by Crippen LogP contribution is 2.20. The van der Waals surface area contributed by atoms with Gasteiger partial charge in [-0.2, -0.15) is 10.2 Å². The molecule has 0 amide bonds. The lowest BCUT2D eigenvalue weighted by molar-refractivity contribution is 0.499. The van der Waals surface area contributed by atoms with Crippen LogP contribution in [0.4, 0.5) is 11.9 Å². The molecule has 6 N–H and O–H groups in total. The number of aromatic nitrogens is 4. The Balaban J connectivity index is 0.000000325. The molecule has 13 nitrogen and oxygen atoms in total. The number of terminal acetylenes is 1. The first-order valence-electron chi connectivity index (χ1n) is 11.7. The van der Waals surface area contributed by atoms with E-state index in [-0.39, 0.29) is 30.9 Å². The molecule has 1 aliphatic heterocycles. The molecule has 5 heterocycles. The van der Waals surface area contributed by atoms with Gasteiger partial charge in [0, 0.05) is 35.6 Å². The van der Waals surface area contributed by atoms with Gasteiger partial charge in [-0.05, 0) is 48.7 Å². The molecule has 40 heavy (non-hydrogen) atoms. The van der Waals surface area contributed by atoms with Gasteiger partial charge in [0.2, 0.25) is 0 Å². The van der Waals surface area contributed by atoms with Crippen LogP contribution in [0, 0.1) is 12.3 Å². The summed E-state index contributed by atoms with van der Waals surface area (Å²) in [5.74, 6) is 5.06. The third-order valence-electron chi connectivity index (χ3n) is 5.06. The summed E-state index contributed by atoms with van der Waals surface area (Å²) in [4.78, 5) is 16.2. The summed E-state index contributed by atoms with van der Waals surface area (Å²) in [7, 11) is 0. The van der Waals surface area contributed by atoms with E-state index in [0.717, 1.165) is 54.9 Å². The number of nitrogens with two attached hydrogens (primary N) is 2. The maximum Gasteiger partial charge on any atom is 0.197 e. The lowest BCUT2D eigenvalue weighted by atomic mass is 10.1. The van der Waals surface area contributed by atoms with Crippen molar-refractivity contribution >= 4 is 36.7 Å². The van der Waals surface area contributed by atoms with Crippen molar-refractivity contribution in [2.75, 3.05) is 11.5 Å². The zero-order valence-electron chi connectivity index (χ0n) is 21.5. The summed E-state index contributed by atoms with van der Waals surface area (Å²) in [6.07, 6.45) is 17.8. The molecular weight excluding hydrogens is 557 g/mol. The highest BCUT2D eigenvalue weighted by molar-refractivity contribution is 5.85. The van der Waals surface area contributed by atoms with Crippen LogP contribution < -0.4 is 11.5 Å². The van der Waals surface area contributed by atoms with Crippen molar-refractivity contribution in [2.45, 2.75) is 44.7 Å². The molecule has 0 aliphatic carbocycles. The normalized spacial score (nSPS) is 12.7. The molecule has 15 heteroatoms. The smallest absolute Gasteiger partial charge is 0.197 e. The van der Waals surface area contributed by atoms with E-state index in [1.54, 1.807) is 37.1 Å². The lowest BCUT2D eigenvalue weighted by Crippen LogP contribution is -2.01. The summed E-state index contributed by atoms with van der Waals surface area (Å²) in [5.41, 5.74) is 21.8.